The molecule has 0 aliphatic carbocycles. The minimum absolute atomic E-state index is 0.0178. The predicted molar refractivity (Wildman–Crippen MR) is 95.9 cm³/mol. The third-order valence-corrected chi connectivity index (χ3v) is 3.83. The van der Waals surface area contributed by atoms with E-state index in [1.54, 1.807) is 6.92 Å². The Bertz CT molecular complexity index is 527. The first-order valence-electron chi connectivity index (χ1n) is 7.90. The van der Waals surface area contributed by atoms with E-state index in [1.165, 1.54) is 6.92 Å². The van der Waals surface area contributed by atoms with Crippen molar-refractivity contribution in [3.8, 4) is 0 Å². The van der Waals surface area contributed by atoms with Gasteiger partial charge in [0.25, 0.3) is 0 Å². The molecule has 0 spiro atoms. The van der Waals surface area contributed by atoms with Gasteiger partial charge in [0, 0.05) is 13.3 Å². The molecule has 0 rings (SSSR count). The van der Waals surface area contributed by atoms with Crippen LogP contribution in [0, 0.1) is 0 Å². The first-order chi connectivity index (χ1) is 11.5. The largest absolute Gasteiger partial charge is 0.489 e. The average Bonchev–Trinajstić information content (AvgIpc) is 2.47. The molecule has 0 heterocycles. The second-order valence-electron chi connectivity index (χ2n) is 5.84. The van der Waals surface area contributed by atoms with Crippen molar-refractivity contribution in [3.63, 3.8) is 0 Å². The fourth-order valence-corrected chi connectivity index (χ4v) is 2.27. The molecule has 25 heavy (non-hydrogen) atoms. The quantitative estimate of drug-likeness (QED) is 0.213. The lowest BCUT2D eigenvalue weighted by Gasteiger charge is -2.21. The summed E-state index contributed by atoms with van der Waals surface area (Å²) in [5.74, 6) is -0.0502. The first-order valence-corrected chi connectivity index (χ1v) is 9.40. The molecule has 8 heteroatoms. The number of carbonyl (C=O) groups excluding carboxylic acids is 1. The van der Waals surface area contributed by atoms with Gasteiger partial charge >= 0.3 is 13.8 Å². The van der Waals surface area contributed by atoms with Crippen molar-refractivity contribution in [2.45, 2.75) is 46.1 Å². The monoisotopic (exact) mass is 376 g/mol. The molecule has 7 nitrogen and oxygen atoms in total. The van der Waals surface area contributed by atoms with Gasteiger partial charge in [-0.05, 0) is 26.7 Å². The summed E-state index contributed by atoms with van der Waals surface area (Å²) < 4.78 is 32.0. The van der Waals surface area contributed by atoms with Gasteiger partial charge in [-0.2, -0.15) is 0 Å². The maximum absolute atomic E-state index is 11.8. The van der Waals surface area contributed by atoms with E-state index in [0.29, 0.717) is 25.0 Å². The van der Waals surface area contributed by atoms with E-state index in [9.17, 15) is 14.3 Å². The van der Waals surface area contributed by atoms with Gasteiger partial charge in [0.2, 0.25) is 0 Å². The molecule has 2 atom stereocenters. The number of rotatable bonds is 14. The lowest BCUT2D eigenvalue weighted by molar-refractivity contribution is -0.145. The highest BCUT2D eigenvalue weighted by Crippen LogP contribution is 2.43. The summed E-state index contributed by atoms with van der Waals surface area (Å²) >= 11 is 0. The van der Waals surface area contributed by atoms with Gasteiger partial charge in [-0.15, -0.1) is 13.2 Å². The van der Waals surface area contributed by atoms with Crippen LogP contribution >= 0.6 is 7.82 Å². The first kappa shape index (κ1) is 23.6. The van der Waals surface area contributed by atoms with Crippen LogP contribution in [0.2, 0.25) is 0 Å². The second-order valence-corrected chi connectivity index (χ2v) is 7.30. The van der Waals surface area contributed by atoms with Crippen molar-refractivity contribution >= 4 is 13.8 Å². The van der Waals surface area contributed by atoms with Crippen LogP contribution in [-0.2, 0) is 27.9 Å². The summed E-state index contributed by atoms with van der Waals surface area (Å²) in [6.45, 7) is 15.8. The van der Waals surface area contributed by atoms with Crippen molar-refractivity contribution < 1.29 is 32.8 Å². The van der Waals surface area contributed by atoms with Crippen LogP contribution in [0.4, 0.5) is 0 Å². The third kappa shape index (κ3) is 14.6. The molecule has 0 fully saturated rings. The number of ether oxygens (including phenoxy) is 2. The molecule has 0 aromatic heterocycles. The molecule has 0 bridgehead atoms. The van der Waals surface area contributed by atoms with Gasteiger partial charge < -0.3 is 14.4 Å². The SMILES string of the molecule is C=C(C)CCOP(=O)(O)OC[C@@H](COC(C)=O)OC(=C)CCC(=C)C. The molecule has 0 aromatic carbocycles. The summed E-state index contributed by atoms with van der Waals surface area (Å²) in [5, 5.41) is 0. The van der Waals surface area contributed by atoms with Gasteiger partial charge in [0.15, 0.2) is 6.10 Å². The summed E-state index contributed by atoms with van der Waals surface area (Å²) in [4.78, 5) is 20.6. The number of hydrogen-bond acceptors (Lipinski definition) is 6. The maximum atomic E-state index is 11.8. The van der Waals surface area contributed by atoms with Crippen LogP contribution in [0.3, 0.4) is 0 Å². The topological polar surface area (TPSA) is 91.3 Å². The van der Waals surface area contributed by atoms with Crippen molar-refractivity contribution in [1.29, 1.82) is 0 Å². The van der Waals surface area contributed by atoms with E-state index >= 15 is 0 Å². The highest BCUT2D eigenvalue weighted by molar-refractivity contribution is 7.47. The molecule has 1 N–H and O–H groups in total. The molecule has 0 amide bonds. The minimum atomic E-state index is -4.23. The Balaban J connectivity index is 4.52. The van der Waals surface area contributed by atoms with E-state index < -0.39 is 19.9 Å². The summed E-state index contributed by atoms with van der Waals surface area (Å²) in [6.07, 6.45) is 0.908. The van der Waals surface area contributed by atoms with E-state index in [0.717, 1.165) is 11.1 Å². The summed E-state index contributed by atoms with van der Waals surface area (Å²) in [7, 11) is -4.23. The molecule has 0 aromatic rings. The standard InChI is InChI=1S/C17H29O7P/c1-13(2)7-8-15(5)24-17(11-21-16(6)18)12-23-25(19,20)22-10-9-14(3)4/h17H,1,3,5,7-12H2,2,4,6H3,(H,19,20)/t17-/m1/s1. The zero-order chi connectivity index (χ0) is 19.5. The van der Waals surface area contributed by atoms with E-state index in [1.807, 2.05) is 6.92 Å². The van der Waals surface area contributed by atoms with Crippen LogP contribution in [0.25, 0.3) is 0 Å². The fourth-order valence-electron chi connectivity index (χ4n) is 1.52. The van der Waals surface area contributed by atoms with Crippen molar-refractivity contribution in [2.75, 3.05) is 19.8 Å². The van der Waals surface area contributed by atoms with Crippen LogP contribution in [0.5, 0.6) is 0 Å². The zero-order valence-corrected chi connectivity index (χ0v) is 16.2. The van der Waals surface area contributed by atoms with Crippen molar-refractivity contribution in [3.05, 3.63) is 36.6 Å². The van der Waals surface area contributed by atoms with Gasteiger partial charge in [-0.25, -0.2) is 4.57 Å². The molecule has 0 aliphatic heterocycles. The van der Waals surface area contributed by atoms with E-state index in [2.05, 4.69) is 19.7 Å². The molecule has 1 unspecified atom stereocenters. The highest BCUT2D eigenvalue weighted by Gasteiger charge is 2.24. The summed E-state index contributed by atoms with van der Waals surface area (Å²) in [6, 6.07) is 0. The number of allylic oxidation sites excluding steroid dienone is 2. The molecule has 0 aliphatic rings. The number of esters is 1. The van der Waals surface area contributed by atoms with Gasteiger partial charge in [-0.3, -0.25) is 13.8 Å². The average molecular weight is 376 g/mol. The van der Waals surface area contributed by atoms with Crippen molar-refractivity contribution in [2.24, 2.45) is 0 Å². The number of phosphoric ester groups is 1. The molecule has 0 saturated carbocycles. The van der Waals surface area contributed by atoms with E-state index in [4.69, 9.17) is 18.5 Å². The smallest absolute Gasteiger partial charge is 0.472 e. The van der Waals surface area contributed by atoms with Crippen LogP contribution in [-0.4, -0.2) is 36.8 Å². The van der Waals surface area contributed by atoms with Crippen LogP contribution in [0.1, 0.15) is 40.0 Å². The van der Waals surface area contributed by atoms with Gasteiger partial charge in [0.05, 0.1) is 19.0 Å². The molecule has 144 valence electrons. The number of carbonyl (C=O) groups is 1. The Morgan fingerprint density at radius 1 is 1.00 bits per heavy atom. The Labute approximate surface area is 149 Å². The normalized spacial score (nSPS) is 14.2. The second kappa shape index (κ2) is 12.0. The maximum Gasteiger partial charge on any atom is 0.472 e. The zero-order valence-electron chi connectivity index (χ0n) is 15.3. The van der Waals surface area contributed by atoms with Gasteiger partial charge in [0.1, 0.15) is 6.61 Å². The lowest BCUT2D eigenvalue weighted by atomic mass is 10.2. The minimum Gasteiger partial charge on any atom is -0.489 e. The van der Waals surface area contributed by atoms with Crippen LogP contribution < -0.4 is 0 Å². The lowest BCUT2D eigenvalue weighted by Crippen LogP contribution is -2.26. The summed E-state index contributed by atoms with van der Waals surface area (Å²) in [5.41, 5.74) is 1.80. The Morgan fingerprint density at radius 3 is 2.12 bits per heavy atom. The van der Waals surface area contributed by atoms with E-state index in [-0.39, 0.29) is 19.8 Å². The fraction of sp³-hybridized carbons (Fsp3) is 0.588. The molecular weight excluding hydrogens is 347 g/mol. The third-order valence-electron chi connectivity index (χ3n) is 2.84. The molecule has 0 saturated heterocycles. The van der Waals surface area contributed by atoms with Gasteiger partial charge in [-0.1, -0.05) is 17.7 Å². The Morgan fingerprint density at radius 2 is 1.60 bits per heavy atom. The number of hydrogen-bond donors (Lipinski definition) is 1. The highest BCUT2D eigenvalue weighted by atomic mass is 31.2. The Kier molecular flexibility index (Phi) is 11.4. The Hall–Kier alpha value is -1.40. The molecule has 0 radical (unpaired) electrons. The predicted octanol–water partition coefficient (Wildman–Crippen LogP) is 3.90. The van der Waals surface area contributed by atoms with Crippen LogP contribution in [0.15, 0.2) is 36.6 Å². The van der Waals surface area contributed by atoms with Crippen molar-refractivity contribution in [1.82, 2.24) is 0 Å². The molecular formula is C17H29O7P. The number of phosphoric acid groups is 1.